The van der Waals surface area contributed by atoms with Crippen LogP contribution in [0.3, 0.4) is 0 Å². The number of amides is 2. The maximum atomic E-state index is 15.1. The molecular formula is C30H31BrFN5O4. The van der Waals surface area contributed by atoms with Crippen molar-refractivity contribution in [3.8, 4) is 17.6 Å². The van der Waals surface area contributed by atoms with E-state index in [1.165, 1.54) is 12.1 Å². The minimum Gasteiger partial charge on any atom is -0.448 e. The summed E-state index contributed by atoms with van der Waals surface area (Å²) in [5.74, 6) is -2.15. The zero-order chi connectivity index (χ0) is 30.1. The predicted molar refractivity (Wildman–Crippen MR) is 154 cm³/mol. The van der Waals surface area contributed by atoms with Gasteiger partial charge in [0.25, 0.3) is 5.91 Å². The largest absolute Gasteiger partial charge is 0.448 e. The Morgan fingerprint density at radius 2 is 1.98 bits per heavy atom. The van der Waals surface area contributed by atoms with Crippen molar-refractivity contribution in [1.29, 1.82) is 5.26 Å². The van der Waals surface area contributed by atoms with E-state index in [4.69, 9.17) is 4.74 Å². The van der Waals surface area contributed by atoms with Crippen LogP contribution in [0.5, 0.6) is 11.5 Å². The Bertz CT molecular complexity index is 1580. The number of nitriles is 1. The van der Waals surface area contributed by atoms with Crippen molar-refractivity contribution in [2.24, 2.45) is 5.41 Å². The molecule has 1 aliphatic heterocycles. The molecule has 0 bridgehead atoms. The Hall–Kier alpha value is -4.04. The van der Waals surface area contributed by atoms with E-state index in [1.807, 2.05) is 24.3 Å². The second-order valence-corrected chi connectivity index (χ2v) is 11.8. The number of ether oxygens (including phenoxy) is 1. The van der Waals surface area contributed by atoms with Gasteiger partial charge in [-0.1, -0.05) is 28.1 Å². The molecule has 1 fully saturated rings. The van der Waals surface area contributed by atoms with Gasteiger partial charge in [-0.05, 0) is 82.9 Å². The summed E-state index contributed by atoms with van der Waals surface area (Å²) in [6.07, 6.45) is 1.31. The lowest BCUT2D eigenvalue weighted by Crippen LogP contribution is -2.52. The van der Waals surface area contributed by atoms with Crippen molar-refractivity contribution in [3.63, 3.8) is 0 Å². The van der Waals surface area contributed by atoms with Crippen LogP contribution in [0.25, 0.3) is 0 Å². The first kappa shape index (κ1) is 29.9. The number of likely N-dealkylation sites (tertiary alicyclic amines) is 1. The smallest absolute Gasteiger partial charge is 0.307 e. The van der Waals surface area contributed by atoms with Crippen LogP contribution in [0.1, 0.15) is 66.8 Å². The molecule has 4 rings (SSSR count). The number of carbonyl (C=O) groups is 2. The number of carbonyl (C=O) groups excluding carboxylic acids is 2. The van der Waals surface area contributed by atoms with Gasteiger partial charge in [-0.2, -0.15) is 10.4 Å². The number of rotatable bonds is 7. The molecule has 0 saturated carbocycles. The zero-order valence-corrected chi connectivity index (χ0v) is 25.0. The fraction of sp³-hybridized carbons (Fsp3) is 0.367. The standard InChI is InChI=1S/C30H31BrFN5O4/c1-16-11-20(14-22(32)26(16)41-24-12-17(2)35-36-28(24)39)27(38)34-18(3)29(40)37-23(19-7-6-8-21(31)13-19)9-10-25(37)30(4,5)15-33/h6-8,11-14,18,23,25H,9-10H2,1-5H3,(H,34,38)(H,36,39)/t18?,23-,25+/m0/s1. The van der Waals surface area contributed by atoms with Gasteiger partial charge in [0.1, 0.15) is 6.04 Å². The van der Waals surface area contributed by atoms with Gasteiger partial charge in [0.05, 0.1) is 29.3 Å². The average molecular weight is 625 g/mol. The molecule has 11 heteroatoms. The van der Waals surface area contributed by atoms with Gasteiger partial charge in [0, 0.05) is 16.1 Å². The highest BCUT2D eigenvalue weighted by atomic mass is 79.9. The molecule has 2 heterocycles. The molecule has 2 N–H and O–H groups in total. The van der Waals surface area contributed by atoms with E-state index in [-0.39, 0.29) is 40.6 Å². The van der Waals surface area contributed by atoms with Crippen molar-refractivity contribution in [2.45, 2.75) is 65.6 Å². The number of nitrogens with zero attached hydrogens (tertiary/aromatic N) is 3. The molecule has 2 aromatic carbocycles. The summed E-state index contributed by atoms with van der Waals surface area (Å²) in [4.78, 5) is 40.8. The van der Waals surface area contributed by atoms with Gasteiger partial charge in [-0.3, -0.25) is 14.4 Å². The summed E-state index contributed by atoms with van der Waals surface area (Å²) in [5, 5.41) is 18.6. The minimum atomic E-state index is -0.954. The number of halogens is 2. The van der Waals surface area contributed by atoms with E-state index in [0.717, 1.165) is 16.1 Å². The molecule has 3 aromatic rings. The maximum absolute atomic E-state index is 15.1. The molecule has 214 valence electrons. The lowest BCUT2D eigenvalue weighted by atomic mass is 9.84. The lowest BCUT2D eigenvalue weighted by molar-refractivity contribution is -0.137. The molecule has 0 aliphatic carbocycles. The number of hydrogen-bond acceptors (Lipinski definition) is 6. The number of hydrogen-bond donors (Lipinski definition) is 2. The van der Waals surface area contributed by atoms with E-state index in [9.17, 15) is 19.6 Å². The van der Waals surface area contributed by atoms with E-state index < -0.39 is 28.7 Å². The molecule has 3 atom stereocenters. The van der Waals surface area contributed by atoms with E-state index in [1.54, 1.807) is 39.5 Å². The van der Waals surface area contributed by atoms with E-state index in [0.29, 0.717) is 18.5 Å². The van der Waals surface area contributed by atoms with Crippen molar-refractivity contribution in [3.05, 3.63) is 85.5 Å². The Morgan fingerprint density at radius 3 is 2.63 bits per heavy atom. The Kier molecular flexibility index (Phi) is 8.63. The third-order valence-corrected chi connectivity index (χ3v) is 7.81. The summed E-state index contributed by atoms with van der Waals surface area (Å²) in [6.45, 7) is 8.38. The van der Waals surface area contributed by atoms with Crippen molar-refractivity contribution < 1.29 is 18.7 Å². The van der Waals surface area contributed by atoms with Crippen molar-refractivity contribution >= 4 is 27.7 Å². The number of nitrogens with one attached hydrogen (secondary N) is 2. The van der Waals surface area contributed by atoms with E-state index >= 15 is 4.39 Å². The summed E-state index contributed by atoms with van der Waals surface area (Å²) in [7, 11) is 0. The van der Waals surface area contributed by atoms with Gasteiger partial charge < -0.3 is 15.0 Å². The Labute approximate surface area is 245 Å². The second-order valence-electron chi connectivity index (χ2n) is 10.8. The molecule has 2 amide bonds. The number of benzene rings is 2. The van der Waals surface area contributed by atoms with Crippen LogP contribution < -0.4 is 15.6 Å². The Balaban J connectivity index is 1.56. The molecule has 1 saturated heterocycles. The number of H-pyrrole nitrogens is 1. The topological polar surface area (TPSA) is 128 Å². The molecule has 41 heavy (non-hydrogen) atoms. The zero-order valence-electron chi connectivity index (χ0n) is 23.4. The molecule has 0 radical (unpaired) electrons. The fourth-order valence-corrected chi connectivity index (χ4v) is 5.58. The predicted octanol–water partition coefficient (Wildman–Crippen LogP) is 5.48. The SMILES string of the molecule is Cc1cc(Oc2c(C)cc(C(=O)NC(C)C(=O)N3[C@H](c4cccc(Br)c4)CC[C@@H]3C(C)(C)C#N)cc2F)c(=O)[nH]n1. The molecule has 9 nitrogen and oxygen atoms in total. The highest BCUT2D eigenvalue weighted by Gasteiger charge is 2.46. The van der Waals surface area contributed by atoms with Crippen LogP contribution in [-0.4, -0.2) is 39.0 Å². The van der Waals surface area contributed by atoms with E-state index in [2.05, 4.69) is 37.5 Å². The highest BCUT2D eigenvalue weighted by molar-refractivity contribution is 9.10. The molecule has 1 aliphatic rings. The van der Waals surface area contributed by atoms with Crippen LogP contribution in [-0.2, 0) is 4.79 Å². The average Bonchev–Trinajstić information content (AvgIpc) is 3.38. The van der Waals surface area contributed by atoms with Crippen LogP contribution >= 0.6 is 15.9 Å². The summed E-state index contributed by atoms with van der Waals surface area (Å²) in [6, 6.07) is 12.2. The summed E-state index contributed by atoms with van der Waals surface area (Å²) < 4.78 is 21.5. The third-order valence-electron chi connectivity index (χ3n) is 7.31. The van der Waals surface area contributed by atoms with Gasteiger partial charge in [0.2, 0.25) is 5.91 Å². The van der Waals surface area contributed by atoms with Crippen LogP contribution in [0.2, 0.25) is 0 Å². The van der Waals surface area contributed by atoms with Crippen molar-refractivity contribution in [1.82, 2.24) is 20.4 Å². The number of aromatic amines is 1. The normalized spacial score (nSPS) is 17.6. The third kappa shape index (κ3) is 6.33. The van der Waals surface area contributed by atoms with Gasteiger partial charge in [0.15, 0.2) is 17.3 Å². The van der Waals surface area contributed by atoms with Crippen LogP contribution in [0.4, 0.5) is 4.39 Å². The minimum absolute atomic E-state index is 0.00863. The summed E-state index contributed by atoms with van der Waals surface area (Å²) >= 11 is 3.49. The van der Waals surface area contributed by atoms with Gasteiger partial charge in [-0.15, -0.1) is 0 Å². The number of aromatic nitrogens is 2. The van der Waals surface area contributed by atoms with Crippen LogP contribution in [0, 0.1) is 36.4 Å². The molecular weight excluding hydrogens is 593 g/mol. The van der Waals surface area contributed by atoms with Crippen molar-refractivity contribution in [2.75, 3.05) is 0 Å². The molecule has 1 unspecified atom stereocenters. The monoisotopic (exact) mass is 623 g/mol. The first-order valence-corrected chi connectivity index (χ1v) is 14.0. The maximum Gasteiger partial charge on any atom is 0.307 e. The molecule has 0 spiro atoms. The van der Waals surface area contributed by atoms with Gasteiger partial charge >= 0.3 is 5.56 Å². The molecule has 1 aromatic heterocycles. The first-order chi connectivity index (χ1) is 19.3. The van der Waals surface area contributed by atoms with Gasteiger partial charge in [-0.25, -0.2) is 9.49 Å². The fourth-order valence-electron chi connectivity index (χ4n) is 5.17. The Morgan fingerprint density at radius 1 is 1.24 bits per heavy atom. The van der Waals surface area contributed by atoms with Crippen LogP contribution in [0.15, 0.2) is 51.7 Å². The number of aryl methyl sites for hydroxylation is 2. The quantitative estimate of drug-likeness (QED) is 0.358. The highest BCUT2D eigenvalue weighted by Crippen LogP contribution is 2.43. The second kappa shape index (κ2) is 11.8. The first-order valence-electron chi connectivity index (χ1n) is 13.2. The lowest BCUT2D eigenvalue weighted by Gasteiger charge is -2.38. The summed E-state index contributed by atoms with van der Waals surface area (Å²) in [5.41, 5.74) is 0.251.